The molecule has 0 saturated carbocycles. The van der Waals surface area contributed by atoms with Gasteiger partial charge in [-0.05, 0) is 44.8 Å². The Morgan fingerprint density at radius 3 is 2.79 bits per heavy atom. The fourth-order valence-corrected chi connectivity index (χ4v) is 3.34. The standard InChI is InChI=1S/C16H27N3O4S/c1-2-22-14(20)5-3-8-17-15(24)18-10-6-13(7-11-18)19-9-4-12-23-16(19)21/h13H,2-12H2,1H3,(H,17,24). The van der Waals surface area contributed by atoms with Gasteiger partial charge in [0.25, 0.3) is 0 Å². The number of esters is 1. The van der Waals surface area contributed by atoms with Gasteiger partial charge in [0, 0.05) is 38.6 Å². The fourth-order valence-electron chi connectivity index (χ4n) is 3.05. The molecule has 0 aromatic carbocycles. The lowest BCUT2D eigenvalue weighted by molar-refractivity contribution is -0.143. The van der Waals surface area contributed by atoms with Crippen molar-refractivity contribution in [2.75, 3.05) is 39.4 Å². The summed E-state index contributed by atoms with van der Waals surface area (Å²) in [5.41, 5.74) is 0. The number of likely N-dealkylation sites (tertiary alicyclic amines) is 1. The van der Waals surface area contributed by atoms with E-state index in [-0.39, 0.29) is 18.1 Å². The Balaban J connectivity index is 1.63. The molecule has 2 heterocycles. The minimum atomic E-state index is -0.181. The van der Waals surface area contributed by atoms with Gasteiger partial charge in [-0.25, -0.2) is 4.79 Å². The van der Waals surface area contributed by atoms with E-state index in [2.05, 4.69) is 10.2 Å². The third-order valence-electron chi connectivity index (χ3n) is 4.34. The zero-order valence-corrected chi connectivity index (χ0v) is 15.1. The number of hydrogen-bond donors (Lipinski definition) is 1. The summed E-state index contributed by atoms with van der Waals surface area (Å²) in [6.45, 7) is 5.88. The van der Waals surface area contributed by atoms with Gasteiger partial charge in [0.1, 0.15) is 0 Å². The van der Waals surface area contributed by atoms with E-state index >= 15 is 0 Å². The molecule has 136 valence electrons. The number of nitrogens with one attached hydrogen (secondary N) is 1. The van der Waals surface area contributed by atoms with Crippen LogP contribution in [0.3, 0.4) is 0 Å². The first-order valence-electron chi connectivity index (χ1n) is 8.73. The molecule has 0 aliphatic carbocycles. The number of hydrogen-bond acceptors (Lipinski definition) is 5. The van der Waals surface area contributed by atoms with Crippen molar-refractivity contribution in [1.29, 1.82) is 0 Å². The van der Waals surface area contributed by atoms with Crippen molar-refractivity contribution in [3.63, 3.8) is 0 Å². The molecular weight excluding hydrogens is 330 g/mol. The molecule has 2 rings (SSSR count). The minimum absolute atomic E-state index is 0.167. The van der Waals surface area contributed by atoms with Crippen LogP contribution in [-0.2, 0) is 14.3 Å². The van der Waals surface area contributed by atoms with Gasteiger partial charge in [0.05, 0.1) is 13.2 Å². The van der Waals surface area contributed by atoms with Crippen LogP contribution in [0.4, 0.5) is 4.79 Å². The maximum atomic E-state index is 11.8. The van der Waals surface area contributed by atoms with Gasteiger partial charge in [-0.2, -0.15) is 0 Å². The number of cyclic esters (lactones) is 1. The first kappa shape index (κ1) is 18.8. The van der Waals surface area contributed by atoms with Crippen LogP contribution in [0.2, 0.25) is 0 Å². The van der Waals surface area contributed by atoms with Crippen molar-refractivity contribution in [2.45, 2.75) is 45.1 Å². The van der Waals surface area contributed by atoms with E-state index in [0.29, 0.717) is 32.6 Å². The van der Waals surface area contributed by atoms with E-state index in [1.54, 1.807) is 6.92 Å². The Hall–Kier alpha value is -1.57. The smallest absolute Gasteiger partial charge is 0.410 e. The summed E-state index contributed by atoms with van der Waals surface area (Å²) in [4.78, 5) is 27.1. The summed E-state index contributed by atoms with van der Waals surface area (Å²) in [5, 5.41) is 3.92. The molecule has 0 spiro atoms. The zero-order valence-electron chi connectivity index (χ0n) is 14.3. The van der Waals surface area contributed by atoms with Crippen LogP contribution in [0.1, 0.15) is 39.0 Å². The molecule has 8 heteroatoms. The number of carbonyl (C=O) groups is 2. The van der Waals surface area contributed by atoms with Crippen molar-refractivity contribution < 1.29 is 19.1 Å². The first-order valence-corrected chi connectivity index (χ1v) is 9.14. The molecular formula is C16H27N3O4S. The highest BCUT2D eigenvalue weighted by Crippen LogP contribution is 2.20. The molecule has 0 bridgehead atoms. The van der Waals surface area contributed by atoms with Gasteiger partial charge in [-0.1, -0.05) is 0 Å². The fraction of sp³-hybridized carbons (Fsp3) is 0.812. The van der Waals surface area contributed by atoms with Crippen molar-refractivity contribution in [2.24, 2.45) is 0 Å². The Morgan fingerprint density at radius 1 is 1.38 bits per heavy atom. The molecule has 0 aromatic rings. The maximum Gasteiger partial charge on any atom is 0.410 e. The molecule has 2 saturated heterocycles. The Labute approximate surface area is 148 Å². The zero-order chi connectivity index (χ0) is 17.4. The number of carbonyl (C=O) groups excluding carboxylic acids is 2. The number of rotatable bonds is 6. The first-order chi connectivity index (χ1) is 11.6. The number of ether oxygens (including phenoxy) is 2. The van der Waals surface area contributed by atoms with Crippen LogP contribution < -0.4 is 5.32 Å². The van der Waals surface area contributed by atoms with Crippen molar-refractivity contribution in [1.82, 2.24) is 15.1 Å². The van der Waals surface area contributed by atoms with Crippen LogP contribution in [0.5, 0.6) is 0 Å². The molecule has 0 radical (unpaired) electrons. The molecule has 2 aliphatic rings. The summed E-state index contributed by atoms with van der Waals surface area (Å²) in [6.07, 6.45) is 3.64. The highest BCUT2D eigenvalue weighted by molar-refractivity contribution is 7.80. The SMILES string of the molecule is CCOC(=O)CCCNC(=S)N1CCC(N2CCCOC2=O)CC1. The van der Waals surface area contributed by atoms with Crippen molar-refractivity contribution >= 4 is 29.4 Å². The van der Waals surface area contributed by atoms with Crippen LogP contribution in [0.15, 0.2) is 0 Å². The molecule has 0 aromatic heterocycles. The molecule has 7 nitrogen and oxygen atoms in total. The van der Waals surface area contributed by atoms with E-state index in [4.69, 9.17) is 21.7 Å². The van der Waals surface area contributed by atoms with Gasteiger partial charge in [0.2, 0.25) is 0 Å². The van der Waals surface area contributed by atoms with E-state index in [9.17, 15) is 9.59 Å². The topological polar surface area (TPSA) is 71.1 Å². The van der Waals surface area contributed by atoms with Crippen molar-refractivity contribution in [3.8, 4) is 0 Å². The second kappa shape index (κ2) is 9.66. The van der Waals surface area contributed by atoms with E-state index in [1.165, 1.54) is 0 Å². The summed E-state index contributed by atoms with van der Waals surface area (Å²) in [6, 6.07) is 0.251. The maximum absolute atomic E-state index is 11.8. The van der Waals surface area contributed by atoms with Gasteiger partial charge in [-0.15, -0.1) is 0 Å². The van der Waals surface area contributed by atoms with Crippen LogP contribution in [-0.4, -0.2) is 72.4 Å². The second-order valence-electron chi connectivity index (χ2n) is 6.02. The summed E-state index contributed by atoms with van der Waals surface area (Å²) >= 11 is 5.42. The molecule has 0 unspecified atom stereocenters. The monoisotopic (exact) mass is 357 g/mol. The van der Waals surface area contributed by atoms with Crippen molar-refractivity contribution in [3.05, 3.63) is 0 Å². The number of thiocarbonyl (C=S) groups is 1. The molecule has 1 amide bonds. The second-order valence-corrected chi connectivity index (χ2v) is 6.41. The van der Waals surface area contributed by atoms with E-state index in [1.807, 2.05) is 4.90 Å². The summed E-state index contributed by atoms with van der Waals surface area (Å²) < 4.78 is 10.0. The lowest BCUT2D eigenvalue weighted by Crippen LogP contribution is -2.52. The van der Waals surface area contributed by atoms with E-state index in [0.717, 1.165) is 44.0 Å². The van der Waals surface area contributed by atoms with Gasteiger partial charge >= 0.3 is 12.1 Å². The van der Waals surface area contributed by atoms with Gasteiger partial charge in [0.15, 0.2) is 5.11 Å². The van der Waals surface area contributed by atoms with E-state index < -0.39 is 0 Å². The van der Waals surface area contributed by atoms with Crippen LogP contribution in [0, 0.1) is 0 Å². The molecule has 0 atom stereocenters. The lowest BCUT2D eigenvalue weighted by atomic mass is 10.0. The normalized spacial score (nSPS) is 19.0. The Kier molecular flexibility index (Phi) is 7.55. The quantitative estimate of drug-likeness (QED) is 0.439. The molecule has 24 heavy (non-hydrogen) atoms. The predicted octanol–water partition coefficient (Wildman–Crippen LogP) is 1.51. The largest absolute Gasteiger partial charge is 0.466 e. The van der Waals surface area contributed by atoms with Crippen LogP contribution in [0.25, 0.3) is 0 Å². The molecule has 2 fully saturated rings. The average molecular weight is 357 g/mol. The lowest BCUT2D eigenvalue weighted by Gasteiger charge is -2.40. The number of nitrogens with zero attached hydrogens (tertiary/aromatic N) is 2. The molecule has 2 aliphatic heterocycles. The average Bonchev–Trinajstić information content (AvgIpc) is 2.59. The highest BCUT2D eigenvalue weighted by Gasteiger charge is 2.31. The van der Waals surface area contributed by atoms with Crippen LogP contribution >= 0.6 is 12.2 Å². The summed E-state index contributed by atoms with van der Waals surface area (Å²) in [7, 11) is 0. The summed E-state index contributed by atoms with van der Waals surface area (Å²) in [5.74, 6) is -0.167. The Bertz CT molecular complexity index is 453. The van der Waals surface area contributed by atoms with Gasteiger partial charge < -0.3 is 24.6 Å². The number of piperidine rings is 1. The van der Waals surface area contributed by atoms with Gasteiger partial charge in [-0.3, -0.25) is 4.79 Å². The third-order valence-corrected chi connectivity index (χ3v) is 4.74. The molecule has 1 N–H and O–H groups in total. The Morgan fingerprint density at radius 2 is 2.12 bits per heavy atom. The number of amides is 1. The predicted molar refractivity (Wildman–Crippen MR) is 93.7 cm³/mol. The highest BCUT2D eigenvalue weighted by atomic mass is 32.1. The third kappa shape index (κ3) is 5.51. The minimum Gasteiger partial charge on any atom is -0.466 e.